The van der Waals surface area contributed by atoms with Crippen LogP contribution in [0.1, 0.15) is 108 Å². The standard InChI is InChI=1S/C82H108ClFN22O21S3/c1-42(2)27-56-75(121)96-55(17-19-69(113)114)74(120)101-60(32-70(115)116)79(125)103-63-38-130-26-22-68(112)106-40-104(39-105(41-106)67(111)21-25-129-37-62(93-43(3)107)80(126)97-54(16-18-64(85)108)73(119)99-59(78(124)98-56)31-46-34-91-52-12-7-5-10-48(46)52)66(110)20-24-128-36-61(71(86)117)102-76(122)57(29-44-14-15-50(84)49(83)28-44)94-65(109)35-92-72(118)53(13-8-23-89-82(87)88)95-77(123)58(100-81(63)127)30-45-33-90-51-11-6-4-9-47(45)51/h4-7,9-12,14-15,28,33-34,42,53-63,90-91H,8,13,16-27,29-32,35-41H2,1-3H3,(H2,85,108)(H2,86,117)(H,92,118)(H,93,107)(H,94,109)(H,95,123)(H,96,121)(H,97,126)(H,98,124)(H,99,119)(H,100,127)(H,101,120)(H,102,122)(H,103,125)(H,113,114)(H,115,116)(H4,87,88,89)/t53-,54-,55-,56-,57-,58-,59-,60-,61-,62-,63-/m0/s1. The molecule has 24 N–H and O–H groups in total. The monoisotopic (exact) mass is 1890 g/mol. The van der Waals surface area contributed by atoms with E-state index < -0.39 is 280 Å². The number of carbonyl (C=O) groups is 19. The van der Waals surface area contributed by atoms with Gasteiger partial charge in [-0.2, -0.15) is 35.3 Å². The fraction of sp³-hybridized carbons (Fsp3) is 0.488. The summed E-state index contributed by atoms with van der Waals surface area (Å²) in [4.78, 5) is 280. The van der Waals surface area contributed by atoms with Crippen molar-refractivity contribution in [3.05, 3.63) is 107 Å². The number of benzene rings is 3. The summed E-state index contributed by atoms with van der Waals surface area (Å²) in [6.07, 6.45) is -3.72. The van der Waals surface area contributed by atoms with E-state index in [0.29, 0.717) is 32.9 Å². The zero-order valence-electron chi connectivity index (χ0n) is 71.3. The van der Waals surface area contributed by atoms with Gasteiger partial charge in [-0.3, -0.25) is 96.5 Å². The number of carboxylic acids is 2. The molecule has 704 valence electrons. The maximum Gasteiger partial charge on any atom is 0.305 e. The van der Waals surface area contributed by atoms with Crippen LogP contribution in [-0.4, -0.2) is 287 Å². The molecular weight excluding hydrogens is 1780 g/mol. The number of fused-ring (bicyclic) bond motifs is 9. The van der Waals surface area contributed by atoms with Crippen LogP contribution in [0.15, 0.2) is 79.1 Å². The van der Waals surface area contributed by atoms with Gasteiger partial charge in [0, 0.05) is 134 Å². The van der Waals surface area contributed by atoms with Gasteiger partial charge < -0.3 is 121 Å². The van der Waals surface area contributed by atoms with Crippen LogP contribution in [0, 0.1) is 17.1 Å². The van der Waals surface area contributed by atoms with Gasteiger partial charge in [0.2, 0.25) is 100 Å². The molecule has 8 rings (SSSR count). The van der Waals surface area contributed by atoms with Gasteiger partial charge in [-0.1, -0.05) is 67.9 Å². The van der Waals surface area contributed by atoms with Gasteiger partial charge in [-0.05, 0) is 79.0 Å². The molecule has 3 aliphatic rings. The highest BCUT2D eigenvalue weighted by Gasteiger charge is 2.40. The predicted molar refractivity (Wildman–Crippen MR) is 475 cm³/mol. The molecule has 48 heteroatoms. The summed E-state index contributed by atoms with van der Waals surface area (Å²) in [5, 5.41) is 61.7. The number of halogens is 2. The number of nitrogens with two attached hydrogens (primary N) is 3. The Kier molecular flexibility index (Phi) is 39.7. The number of nitrogens with zero attached hydrogens (tertiary/aromatic N) is 3. The van der Waals surface area contributed by atoms with Crippen molar-refractivity contribution < 1.29 is 106 Å². The van der Waals surface area contributed by atoms with Crippen LogP contribution in [0.2, 0.25) is 5.02 Å². The number of aliphatic carboxylic acids is 2. The summed E-state index contributed by atoms with van der Waals surface area (Å²) in [5.41, 5.74) is 19.1. The van der Waals surface area contributed by atoms with E-state index in [0.717, 1.165) is 58.1 Å². The Morgan fingerprint density at radius 2 is 0.992 bits per heavy atom. The van der Waals surface area contributed by atoms with Gasteiger partial charge in [-0.25, -0.2) is 4.39 Å². The Morgan fingerprint density at radius 3 is 1.51 bits per heavy atom. The predicted octanol–water partition coefficient (Wildman–Crippen LogP) is -2.89. The fourth-order valence-electron chi connectivity index (χ4n) is 14.1. The van der Waals surface area contributed by atoms with Crippen LogP contribution in [-0.2, 0) is 110 Å². The minimum atomic E-state index is -2.23. The lowest BCUT2D eigenvalue weighted by atomic mass is 9.99. The highest BCUT2D eigenvalue weighted by Crippen LogP contribution is 2.25. The van der Waals surface area contributed by atoms with E-state index in [2.05, 4.69) is 79.1 Å². The number of hydrogen-bond donors (Lipinski definition) is 21. The number of aromatic nitrogens is 2. The van der Waals surface area contributed by atoms with Crippen molar-refractivity contribution >= 4 is 187 Å². The number of thioether (sulfide) groups is 3. The van der Waals surface area contributed by atoms with E-state index >= 15 is 19.2 Å². The van der Waals surface area contributed by atoms with Crippen molar-refractivity contribution in [1.82, 2.24) is 93.8 Å². The average molecular weight is 1890 g/mol. The van der Waals surface area contributed by atoms with Crippen LogP contribution in [0.3, 0.4) is 0 Å². The van der Waals surface area contributed by atoms with Gasteiger partial charge in [0.15, 0.2) is 5.96 Å². The SMILES string of the molecule is CC(=O)N[C@H]1CSCCC(=O)N2CN3CN(C2)C(=O)CCSC[C@H](NC(=O)[C@H](CC(=O)O)NC(=O)[C@H](CCC(=O)O)NC(=O)[C@H](CC(C)C)NC(=O)[C@H](Cc2c[nH]c4ccccc24)NC(=O)[C@H](CCC(N)=O)NC1=O)C(=O)N[C@@H](Cc1c[nH]c2ccccc12)C(=O)N[C@@H](CCCNC(=N)N)C(=O)NCC(=O)N[C@@H](Cc1ccc(F)c(Cl)c1)C(=O)N[C@H](C(N)=O)CSCCC3=O. The normalized spacial score (nSPS) is 23.1. The number of nitrogens with one attached hydrogen (secondary N) is 16. The van der Waals surface area contributed by atoms with Crippen LogP contribution < -0.4 is 86.3 Å². The third-order valence-corrected chi connectivity index (χ3v) is 24.3. The van der Waals surface area contributed by atoms with E-state index in [4.69, 9.17) is 34.2 Å². The van der Waals surface area contributed by atoms with Crippen molar-refractivity contribution in [2.24, 2.45) is 23.1 Å². The number of H-pyrrole nitrogens is 2. The Hall–Kier alpha value is -12.8. The molecule has 3 aromatic carbocycles. The number of carboxylic acid groups (broad SMARTS) is 2. The molecule has 0 spiro atoms. The Balaban J connectivity index is 1.23. The van der Waals surface area contributed by atoms with Gasteiger partial charge in [0.25, 0.3) is 0 Å². The second kappa shape index (κ2) is 50.2. The van der Waals surface area contributed by atoms with E-state index in [1.165, 1.54) is 23.2 Å². The van der Waals surface area contributed by atoms with Crippen LogP contribution in [0.5, 0.6) is 0 Å². The van der Waals surface area contributed by atoms with E-state index in [1.807, 2.05) is 0 Å². The molecule has 4 bridgehead atoms. The number of carbonyl (C=O) groups excluding carboxylic acids is 17. The molecule has 5 heterocycles. The number of guanidine groups is 1. The minimum Gasteiger partial charge on any atom is -0.481 e. The maximum atomic E-state index is 15.5. The molecule has 17 amide bonds. The minimum absolute atomic E-state index is 0.0227. The highest BCUT2D eigenvalue weighted by atomic mass is 35.5. The second-order valence-electron chi connectivity index (χ2n) is 31.5. The van der Waals surface area contributed by atoms with Gasteiger partial charge in [-0.15, -0.1) is 0 Å². The van der Waals surface area contributed by atoms with Crippen molar-refractivity contribution in [3.8, 4) is 0 Å². The summed E-state index contributed by atoms with van der Waals surface area (Å²) < 4.78 is 14.5. The third kappa shape index (κ3) is 32.4. The first-order valence-corrected chi connectivity index (χ1v) is 45.4. The van der Waals surface area contributed by atoms with E-state index in [9.17, 15) is 86.5 Å². The maximum absolute atomic E-state index is 15.5. The molecule has 43 nitrogen and oxygen atoms in total. The molecule has 0 aliphatic carbocycles. The first-order valence-electron chi connectivity index (χ1n) is 41.6. The van der Waals surface area contributed by atoms with Crippen molar-refractivity contribution in [2.75, 3.05) is 67.6 Å². The summed E-state index contributed by atoms with van der Waals surface area (Å²) in [6.45, 7) is 2.09. The summed E-state index contributed by atoms with van der Waals surface area (Å²) in [6, 6.07) is -2.16. The van der Waals surface area contributed by atoms with Crippen molar-refractivity contribution in [3.63, 3.8) is 0 Å². The summed E-state index contributed by atoms with van der Waals surface area (Å²) >= 11 is 8.90. The van der Waals surface area contributed by atoms with Crippen molar-refractivity contribution in [1.29, 1.82) is 5.41 Å². The first kappa shape index (κ1) is 103. The van der Waals surface area contributed by atoms with E-state index in [-0.39, 0.29) is 84.4 Å². The highest BCUT2D eigenvalue weighted by molar-refractivity contribution is 7.99. The molecular formula is C82H108ClFN22O21S3. The Labute approximate surface area is 762 Å². The summed E-state index contributed by atoms with van der Waals surface area (Å²) in [7, 11) is 0. The Bertz CT molecular complexity index is 5030. The lowest BCUT2D eigenvalue weighted by Crippen LogP contribution is -2.61. The fourth-order valence-corrected chi connectivity index (χ4v) is 17.2. The first-order chi connectivity index (χ1) is 61.8. The van der Waals surface area contributed by atoms with Gasteiger partial charge in [0.05, 0.1) is 38.0 Å². The van der Waals surface area contributed by atoms with Crippen LogP contribution in [0.25, 0.3) is 21.8 Å². The lowest BCUT2D eigenvalue weighted by Gasteiger charge is -2.42. The largest absolute Gasteiger partial charge is 0.481 e. The topological polar surface area (TPSA) is 664 Å². The summed E-state index contributed by atoms with van der Waals surface area (Å²) in [5.74, 6) is -23.8. The zero-order valence-corrected chi connectivity index (χ0v) is 74.5. The van der Waals surface area contributed by atoms with Gasteiger partial charge >= 0.3 is 11.9 Å². The number of rotatable bonds is 22. The van der Waals surface area contributed by atoms with Crippen LogP contribution >= 0.6 is 46.9 Å². The van der Waals surface area contributed by atoms with E-state index in [1.54, 1.807) is 68.6 Å². The van der Waals surface area contributed by atoms with Crippen molar-refractivity contribution in [2.45, 2.75) is 177 Å². The number of primary amides is 2. The molecule has 11 atom stereocenters. The number of hydrogen-bond acceptors (Lipinski definition) is 23. The Morgan fingerprint density at radius 1 is 0.531 bits per heavy atom. The molecule has 2 aromatic heterocycles. The van der Waals surface area contributed by atoms with Gasteiger partial charge in [0.1, 0.15) is 72.3 Å². The number of para-hydroxylation sites is 2. The average Bonchev–Trinajstić information content (AvgIpc) is 1.38. The lowest BCUT2D eigenvalue weighted by molar-refractivity contribution is -0.158. The number of aromatic amines is 2. The van der Waals surface area contributed by atoms with Crippen LogP contribution in [0.4, 0.5) is 4.39 Å². The quantitative estimate of drug-likeness (QED) is 0.0188. The molecule has 0 saturated carbocycles. The zero-order chi connectivity index (χ0) is 95.0. The molecule has 0 radical (unpaired) electrons. The third-order valence-electron chi connectivity index (χ3n) is 20.8. The molecule has 0 unspecified atom stereocenters. The molecule has 130 heavy (non-hydrogen) atoms. The molecule has 3 saturated heterocycles. The number of amides is 17. The molecule has 3 fully saturated rings. The smallest absolute Gasteiger partial charge is 0.305 e. The second-order valence-corrected chi connectivity index (χ2v) is 35.3. The molecule has 3 aliphatic heterocycles. The molecule has 5 aromatic rings.